The first-order valence-electron chi connectivity index (χ1n) is 6.39. The van der Waals surface area contributed by atoms with Gasteiger partial charge in [0.25, 0.3) is 0 Å². The van der Waals surface area contributed by atoms with E-state index in [0.29, 0.717) is 0 Å². The maximum absolute atomic E-state index is 12.3. The predicted molar refractivity (Wildman–Crippen MR) is 72.8 cm³/mol. The Morgan fingerprint density at radius 1 is 1.26 bits per heavy atom. The van der Waals surface area contributed by atoms with Gasteiger partial charge in [-0.05, 0) is 17.0 Å². The van der Waals surface area contributed by atoms with E-state index >= 15 is 0 Å². The summed E-state index contributed by atoms with van der Waals surface area (Å²) in [4.78, 5) is 17.3. The molecule has 2 rings (SSSR count). The van der Waals surface area contributed by atoms with Crippen LogP contribution in [0, 0.1) is 11.3 Å². The van der Waals surface area contributed by atoms with Crippen molar-refractivity contribution in [3.05, 3.63) is 29.8 Å². The van der Waals surface area contributed by atoms with Crippen LogP contribution in [0.15, 0.2) is 24.3 Å². The average Bonchev–Trinajstić information content (AvgIpc) is 2.99. The first-order valence-corrected chi connectivity index (χ1v) is 6.39. The van der Waals surface area contributed by atoms with Crippen molar-refractivity contribution in [3.8, 4) is 5.75 Å². The quantitative estimate of drug-likeness (QED) is 0.783. The van der Waals surface area contributed by atoms with E-state index in [9.17, 15) is 4.79 Å². The molecule has 104 valence electrons. The van der Waals surface area contributed by atoms with E-state index in [4.69, 9.17) is 9.57 Å². The van der Waals surface area contributed by atoms with E-state index in [1.807, 2.05) is 24.3 Å². The van der Waals surface area contributed by atoms with Crippen molar-refractivity contribution in [2.75, 3.05) is 21.3 Å². The van der Waals surface area contributed by atoms with Crippen LogP contribution in [0.5, 0.6) is 5.75 Å². The Morgan fingerprint density at radius 2 is 1.89 bits per heavy atom. The van der Waals surface area contributed by atoms with Gasteiger partial charge in [-0.1, -0.05) is 32.0 Å². The first kappa shape index (κ1) is 13.9. The second-order valence-corrected chi connectivity index (χ2v) is 5.54. The molecular formula is C15H21NO3. The molecule has 2 atom stereocenters. The molecule has 4 nitrogen and oxygen atoms in total. The van der Waals surface area contributed by atoms with Gasteiger partial charge in [-0.15, -0.1) is 0 Å². The van der Waals surface area contributed by atoms with Crippen molar-refractivity contribution in [2.24, 2.45) is 11.3 Å². The van der Waals surface area contributed by atoms with Crippen molar-refractivity contribution in [2.45, 2.75) is 19.8 Å². The summed E-state index contributed by atoms with van der Waals surface area (Å²) in [6.07, 6.45) is 0. The van der Waals surface area contributed by atoms with Gasteiger partial charge in [-0.2, -0.15) is 0 Å². The van der Waals surface area contributed by atoms with Gasteiger partial charge in [-0.25, -0.2) is 5.06 Å². The number of nitrogens with zero attached hydrogens (tertiary/aromatic N) is 1. The highest BCUT2D eigenvalue weighted by atomic mass is 16.7. The molecule has 0 heterocycles. The maximum atomic E-state index is 12.3. The van der Waals surface area contributed by atoms with Crippen molar-refractivity contribution in [1.82, 2.24) is 5.06 Å². The standard InChI is InChI=1S/C15H21NO3/c1-15(2)12(13(15)14(17)16(3)19-5)10-8-6-7-9-11(10)18-4/h6-9,12-13H,1-5H3. The number of amides is 1. The summed E-state index contributed by atoms with van der Waals surface area (Å²) >= 11 is 0. The van der Waals surface area contributed by atoms with Crippen molar-refractivity contribution >= 4 is 5.91 Å². The van der Waals surface area contributed by atoms with Gasteiger partial charge >= 0.3 is 0 Å². The molecular weight excluding hydrogens is 242 g/mol. The molecule has 1 aliphatic rings. The molecule has 0 aromatic heterocycles. The summed E-state index contributed by atoms with van der Waals surface area (Å²) in [5.74, 6) is 0.974. The van der Waals surface area contributed by atoms with Crippen LogP contribution in [0.1, 0.15) is 25.3 Å². The number of hydroxylamine groups is 2. The number of methoxy groups -OCH3 is 1. The molecule has 1 fully saturated rings. The normalized spacial score (nSPS) is 23.8. The number of hydrogen-bond acceptors (Lipinski definition) is 3. The van der Waals surface area contributed by atoms with Crippen LogP contribution >= 0.6 is 0 Å². The number of rotatable bonds is 4. The topological polar surface area (TPSA) is 38.8 Å². The Balaban J connectivity index is 2.29. The number of carbonyl (C=O) groups is 1. The first-order chi connectivity index (χ1) is 8.95. The fourth-order valence-corrected chi connectivity index (χ4v) is 2.89. The molecule has 0 saturated heterocycles. The van der Waals surface area contributed by atoms with Crippen LogP contribution in [-0.2, 0) is 9.63 Å². The molecule has 1 saturated carbocycles. The minimum Gasteiger partial charge on any atom is -0.496 e. The lowest BCUT2D eigenvalue weighted by Gasteiger charge is -2.14. The van der Waals surface area contributed by atoms with Crippen LogP contribution < -0.4 is 4.74 Å². The molecule has 0 spiro atoms. The monoisotopic (exact) mass is 263 g/mol. The highest BCUT2D eigenvalue weighted by Crippen LogP contribution is 2.66. The van der Waals surface area contributed by atoms with Gasteiger partial charge in [0.05, 0.1) is 20.1 Å². The van der Waals surface area contributed by atoms with E-state index in [0.717, 1.165) is 11.3 Å². The Morgan fingerprint density at radius 3 is 2.47 bits per heavy atom. The molecule has 4 heteroatoms. The third kappa shape index (κ3) is 2.21. The van der Waals surface area contributed by atoms with Gasteiger partial charge < -0.3 is 4.74 Å². The minimum absolute atomic E-state index is 0.0170. The lowest BCUT2D eigenvalue weighted by Crippen LogP contribution is -2.28. The summed E-state index contributed by atoms with van der Waals surface area (Å²) in [7, 11) is 4.81. The lowest BCUT2D eigenvalue weighted by molar-refractivity contribution is -0.171. The number of para-hydroxylation sites is 1. The third-order valence-corrected chi connectivity index (χ3v) is 4.15. The molecule has 1 aromatic carbocycles. The summed E-state index contributed by atoms with van der Waals surface area (Å²) < 4.78 is 5.40. The second kappa shape index (κ2) is 4.85. The van der Waals surface area contributed by atoms with E-state index in [1.165, 1.54) is 12.2 Å². The van der Waals surface area contributed by atoms with Gasteiger partial charge in [0.15, 0.2) is 0 Å². The molecule has 1 aromatic rings. The number of benzene rings is 1. The zero-order valence-electron chi connectivity index (χ0n) is 12.1. The molecule has 1 aliphatic carbocycles. The zero-order valence-corrected chi connectivity index (χ0v) is 12.1. The molecule has 0 aliphatic heterocycles. The van der Waals surface area contributed by atoms with E-state index in [-0.39, 0.29) is 23.2 Å². The van der Waals surface area contributed by atoms with Gasteiger partial charge in [-0.3, -0.25) is 9.63 Å². The summed E-state index contributed by atoms with van der Waals surface area (Å²) in [5.41, 5.74) is 1.02. The Labute approximate surface area is 114 Å². The highest BCUT2D eigenvalue weighted by Gasteiger charge is 2.63. The van der Waals surface area contributed by atoms with Gasteiger partial charge in [0.1, 0.15) is 5.75 Å². The molecule has 2 unspecified atom stereocenters. The summed E-state index contributed by atoms with van der Waals surface area (Å²) in [6, 6.07) is 7.89. The van der Waals surface area contributed by atoms with E-state index in [2.05, 4.69) is 13.8 Å². The lowest BCUT2D eigenvalue weighted by atomic mass is 10.0. The Bertz CT molecular complexity index is 484. The predicted octanol–water partition coefficient (Wildman–Crippen LogP) is 2.45. The van der Waals surface area contributed by atoms with E-state index < -0.39 is 0 Å². The number of hydrogen-bond donors (Lipinski definition) is 0. The van der Waals surface area contributed by atoms with Crippen LogP contribution in [0.4, 0.5) is 0 Å². The number of carbonyl (C=O) groups excluding carboxylic acids is 1. The SMILES string of the molecule is COc1ccccc1C1C(C(=O)N(C)OC)C1(C)C. The highest BCUT2D eigenvalue weighted by molar-refractivity contribution is 5.84. The fraction of sp³-hybridized carbons (Fsp3) is 0.533. The third-order valence-electron chi connectivity index (χ3n) is 4.15. The van der Waals surface area contributed by atoms with Gasteiger partial charge in [0.2, 0.25) is 5.91 Å². The van der Waals surface area contributed by atoms with Crippen molar-refractivity contribution in [1.29, 1.82) is 0 Å². The maximum Gasteiger partial charge on any atom is 0.250 e. The van der Waals surface area contributed by atoms with Crippen LogP contribution in [0.3, 0.4) is 0 Å². The van der Waals surface area contributed by atoms with Crippen LogP contribution in [0.2, 0.25) is 0 Å². The van der Waals surface area contributed by atoms with Crippen LogP contribution in [-0.4, -0.2) is 32.2 Å². The smallest absolute Gasteiger partial charge is 0.250 e. The van der Waals surface area contributed by atoms with Crippen LogP contribution in [0.25, 0.3) is 0 Å². The minimum atomic E-state index is -0.0709. The molecule has 0 N–H and O–H groups in total. The average molecular weight is 263 g/mol. The molecule has 0 bridgehead atoms. The fourth-order valence-electron chi connectivity index (χ4n) is 2.89. The second-order valence-electron chi connectivity index (χ2n) is 5.54. The molecule has 0 radical (unpaired) electrons. The summed E-state index contributed by atoms with van der Waals surface area (Å²) in [5, 5.41) is 1.31. The number of ether oxygens (including phenoxy) is 1. The van der Waals surface area contributed by atoms with E-state index in [1.54, 1.807) is 14.2 Å². The van der Waals surface area contributed by atoms with Gasteiger partial charge in [0, 0.05) is 13.0 Å². The molecule has 19 heavy (non-hydrogen) atoms. The Kier molecular flexibility index (Phi) is 3.54. The van der Waals surface area contributed by atoms with Crippen molar-refractivity contribution < 1.29 is 14.4 Å². The largest absolute Gasteiger partial charge is 0.496 e. The summed E-state index contributed by atoms with van der Waals surface area (Å²) in [6.45, 7) is 4.21. The zero-order chi connectivity index (χ0) is 14.2. The van der Waals surface area contributed by atoms with Crippen molar-refractivity contribution in [3.63, 3.8) is 0 Å². The molecule has 1 amide bonds. The Hall–Kier alpha value is -1.55.